The smallest absolute Gasteiger partial charge is 0.308 e. The number of carboxylic acids is 1. The van der Waals surface area contributed by atoms with Crippen molar-refractivity contribution in [2.24, 2.45) is 5.92 Å². The van der Waals surface area contributed by atoms with E-state index in [1.807, 2.05) is 0 Å². The fourth-order valence-electron chi connectivity index (χ4n) is 3.05. The van der Waals surface area contributed by atoms with Gasteiger partial charge in [0.15, 0.2) is 0 Å². The summed E-state index contributed by atoms with van der Waals surface area (Å²) in [6, 6.07) is 6.25. The number of carbonyl (C=O) groups excluding carboxylic acids is 2. The minimum Gasteiger partial charge on any atom is -0.481 e. The number of carboxylic acid groups (broad SMARTS) is 1. The van der Waals surface area contributed by atoms with Crippen molar-refractivity contribution in [2.45, 2.75) is 38.0 Å². The molecule has 7 heteroatoms. The third kappa shape index (κ3) is 6.27. The molecule has 1 aromatic carbocycles. The van der Waals surface area contributed by atoms with E-state index in [0.717, 1.165) is 4.90 Å². The quantitative estimate of drug-likeness (QED) is 0.722. The highest BCUT2D eigenvalue weighted by molar-refractivity contribution is 7.99. The van der Waals surface area contributed by atoms with Crippen LogP contribution >= 0.6 is 11.8 Å². The Labute approximate surface area is 164 Å². The minimum absolute atomic E-state index is 0.000517. The van der Waals surface area contributed by atoms with Crippen molar-refractivity contribution in [1.82, 2.24) is 9.80 Å². The van der Waals surface area contributed by atoms with Crippen LogP contribution < -0.4 is 0 Å². The summed E-state index contributed by atoms with van der Waals surface area (Å²) in [7, 11) is 1.62. The number of likely N-dealkylation sites (N-methyl/N-ethyl adjacent to an activating group) is 1. The fraction of sp³-hybridized carbons (Fsp3) is 0.550. The predicted molar refractivity (Wildman–Crippen MR) is 106 cm³/mol. The first kappa shape index (κ1) is 21.3. The van der Waals surface area contributed by atoms with Crippen LogP contribution in [0.3, 0.4) is 0 Å². The van der Waals surface area contributed by atoms with Gasteiger partial charge >= 0.3 is 5.97 Å². The van der Waals surface area contributed by atoms with Crippen LogP contribution in [-0.2, 0) is 14.4 Å². The van der Waals surface area contributed by atoms with Crippen molar-refractivity contribution in [3.05, 3.63) is 29.3 Å². The Balaban J connectivity index is 1.76. The van der Waals surface area contributed by atoms with Gasteiger partial charge in [-0.15, -0.1) is 11.8 Å². The molecular weight excluding hydrogens is 364 g/mol. The molecule has 1 atom stereocenters. The van der Waals surface area contributed by atoms with Crippen LogP contribution in [0, 0.1) is 19.8 Å². The molecule has 1 aliphatic heterocycles. The number of nitrogens with zero attached hydrogens (tertiary/aromatic N) is 2. The largest absolute Gasteiger partial charge is 0.481 e. The molecule has 6 nitrogen and oxygen atoms in total. The van der Waals surface area contributed by atoms with E-state index in [-0.39, 0.29) is 24.9 Å². The lowest BCUT2D eigenvalue weighted by Crippen LogP contribution is -2.46. The molecule has 0 aliphatic carbocycles. The molecule has 1 unspecified atom stereocenters. The highest BCUT2D eigenvalue weighted by atomic mass is 32.2. The third-order valence-electron chi connectivity index (χ3n) is 4.98. The van der Waals surface area contributed by atoms with Gasteiger partial charge in [-0.1, -0.05) is 6.07 Å². The van der Waals surface area contributed by atoms with Gasteiger partial charge in [0.25, 0.3) is 0 Å². The maximum absolute atomic E-state index is 12.4. The van der Waals surface area contributed by atoms with Crippen LogP contribution in [0.25, 0.3) is 0 Å². The van der Waals surface area contributed by atoms with Crippen LogP contribution in [-0.4, -0.2) is 65.1 Å². The highest BCUT2D eigenvalue weighted by Crippen LogP contribution is 2.22. The number of amides is 2. The van der Waals surface area contributed by atoms with Crippen molar-refractivity contribution < 1.29 is 19.5 Å². The summed E-state index contributed by atoms with van der Waals surface area (Å²) in [5.74, 6) is -0.964. The summed E-state index contributed by atoms with van der Waals surface area (Å²) in [5.41, 5.74) is 2.48. The number of aryl methyl sites for hydroxylation is 2. The van der Waals surface area contributed by atoms with E-state index in [1.54, 1.807) is 23.7 Å². The number of piperidine rings is 1. The molecule has 2 amide bonds. The zero-order valence-electron chi connectivity index (χ0n) is 16.2. The van der Waals surface area contributed by atoms with Crippen LogP contribution in [0.5, 0.6) is 0 Å². The fourth-order valence-corrected chi connectivity index (χ4v) is 3.98. The zero-order valence-corrected chi connectivity index (χ0v) is 17.1. The average molecular weight is 393 g/mol. The molecule has 1 heterocycles. The van der Waals surface area contributed by atoms with Gasteiger partial charge in [0.2, 0.25) is 11.8 Å². The molecule has 148 valence electrons. The molecule has 0 bridgehead atoms. The summed E-state index contributed by atoms with van der Waals surface area (Å²) >= 11 is 1.63. The van der Waals surface area contributed by atoms with E-state index in [0.29, 0.717) is 31.6 Å². The first-order chi connectivity index (χ1) is 12.8. The molecule has 0 saturated carbocycles. The third-order valence-corrected chi connectivity index (χ3v) is 5.98. The molecule has 27 heavy (non-hydrogen) atoms. The van der Waals surface area contributed by atoms with Gasteiger partial charge in [0.1, 0.15) is 0 Å². The monoisotopic (exact) mass is 392 g/mol. The van der Waals surface area contributed by atoms with Crippen molar-refractivity contribution in [2.75, 3.05) is 32.4 Å². The highest BCUT2D eigenvalue weighted by Gasteiger charge is 2.28. The maximum Gasteiger partial charge on any atom is 0.308 e. The van der Waals surface area contributed by atoms with Crippen LogP contribution in [0.4, 0.5) is 0 Å². The summed E-state index contributed by atoms with van der Waals surface area (Å²) in [5, 5.41) is 9.13. The molecule has 1 fully saturated rings. The van der Waals surface area contributed by atoms with Crippen molar-refractivity contribution >= 4 is 29.5 Å². The van der Waals surface area contributed by atoms with Gasteiger partial charge < -0.3 is 14.9 Å². The molecule has 1 aromatic rings. The Hall–Kier alpha value is -2.02. The summed E-state index contributed by atoms with van der Waals surface area (Å²) in [6.07, 6.45) is 1.65. The Bertz CT molecular complexity index is 707. The molecule has 0 aromatic heterocycles. The normalized spacial score (nSPS) is 16.9. The van der Waals surface area contributed by atoms with Crippen LogP contribution in [0.1, 0.15) is 30.4 Å². The van der Waals surface area contributed by atoms with Gasteiger partial charge in [-0.25, -0.2) is 0 Å². The zero-order chi connectivity index (χ0) is 20.0. The Morgan fingerprint density at radius 1 is 1.26 bits per heavy atom. The SMILES string of the molecule is Cc1ccc(SCCC(=O)N(C)CC(=O)N2CCCC(C(=O)O)C2)cc1C. The molecule has 0 radical (unpaired) electrons. The second-order valence-corrected chi connectivity index (χ2v) is 8.28. The number of aliphatic carboxylic acids is 1. The summed E-state index contributed by atoms with van der Waals surface area (Å²) in [6.45, 7) is 4.94. The number of hydrogen-bond acceptors (Lipinski definition) is 4. The van der Waals surface area contributed by atoms with Crippen molar-refractivity contribution in [1.29, 1.82) is 0 Å². The summed E-state index contributed by atoms with van der Waals surface area (Å²) < 4.78 is 0. The minimum atomic E-state index is -0.861. The van der Waals surface area contributed by atoms with Gasteiger partial charge in [-0.2, -0.15) is 0 Å². The van der Waals surface area contributed by atoms with Gasteiger partial charge in [-0.05, 0) is 49.9 Å². The molecule has 0 spiro atoms. The van der Waals surface area contributed by atoms with E-state index < -0.39 is 11.9 Å². The number of likely N-dealkylation sites (tertiary alicyclic amines) is 1. The lowest BCUT2D eigenvalue weighted by Gasteiger charge is -2.32. The van der Waals surface area contributed by atoms with Gasteiger partial charge in [0.05, 0.1) is 12.5 Å². The van der Waals surface area contributed by atoms with E-state index in [1.165, 1.54) is 16.0 Å². The first-order valence-electron chi connectivity index (χ1n) is 9.22. The van der Waals surface area contributed by atoms with Gasteiger partial charge in [0, 0.05) is 37.2 Å². The first-order valence-corrected chi connectivity index (χ1v) is 10.2. The topological polar surface area (TPSA) is 77.9 Å². The lowest BCUT2D eigenvalue weighted by molar-refractivity contribution is -0.147. The van der Waals surface area contributed by atoms with E-state index >= 15 is 0 Å². The molecule has 1 N–H and O–H groups in total. The van der Waals surface area contributed by atoms with E-state index in [4.69, 9.17) is 5.11 Å². The number of hydrogen-bond donors (Lipinski definition) is 1. The van der Waals surface area contributed by atoms with Gasteiger partial charge in [-0.3, -0.25) is 14.4 Å². The number of benzene rings is 1. The summed E-state index contributed by atoms with van der Waals surface area (Å²) in [4.78, 5) is 39.9. The Morgan fingerprint density at radius 3 is 2.67 bits per heavy atom. The van der Waals surface area contributed by atoms with Crippen molar-refractivity contribution in [3.63, 3.8) is 0 Å². The van der Waals surface area contributed by atoms with Crippen LogP contribution in [0.2, 0.25) is 0 Å². The Kier molecular flexibility index (Phi) is 7.71. The van der Waals surface area contributed by atoms with Crippen molar-refractivity contribution in [3.8, 4) is 0 Å². The number of thioether (sulfide) groups is 1. The second-order valence-electron chi connectivity index (χ2n) is 7.11. The maximum atomic E-state index is 12.4. The molecule has 1 saturated heterocycles. The van der Waals surface area contributed by atoms with E-state index in [9.17, 15) is 14.4 Å². The molecule has 1 aliphatic rings. The standard InChI is InChI=1S/C20H28N2O4S/c1-14-6-7-17(11-15(14)2)27-10-8-18(23)21(3)13-19(24)22-9-4-5-16(12-22)20(25)26/h6-7,11,16H,4-5,8-10,12-13H2,1-3H3,(H,25,26). The average Bonchev–Trinajstić information content (AvgIpc) is 2.64. The predicted octanol–water partition coefficient (Wildman–Crippen LogP) is 2.57. The lowest BCUT2D eigenvalue weighted by atomic mass is 9.98. The Morgan fingerprint density at radius 2 is 2.00 bits per heavy atom. The van der Waals surface area contributed by atoms with E-state index in [2.05, 4.69) is 32.0 Å². The molecule has 2 rings (SSSR count). The second kappa shape index (κ2) is 9.78. The van der Waals surface area contributed by atoms with Crippen LogP contribution in [0.15, 0.2) is 23.1 Å². The number of carbonyl (C=O) groups is 3. The molecular formula is C20H28N2O4S. The number of rotatable bonds is 7.